The molecular weight excluding hydrogens is 288 g/mol. The lowest BCUT2D eigenvalue weighted by Gasteiger charge is -2.31. The minimum absolute atomic E-state index is 0.646. The number of nitrogens with zero attached hydrogens (tertiary/aromatic N) is 1. The molecule has 0 aliphatic carbocycles. The molecule has 4 rings (SSSR count). The van der Waals surface area contributed by atoms with Crippen LogP contribution >= 0.6 is 11.8 Å². The van der Waals surface area contributed by atoms with Gasteiger partial charge in [0.2, 0.25) is 0 Å². The van der Waals surface area contributed by atoms with Gasteiger partial charge in [-0.25, -0.2) is 0 Å². The van der Waals surface area contributed by atoms with Gasteiger partial charge < -0.3 is 10.2 Å². The Morgan fingerprint density at radius 2 is 1.95 bits per heavy atom. The van der Waals surface area contributed by atoms with Crippen LogP contribution in [0, 0.1) is 6.92 Å². The minimum atomic E-state index is 0.646. The van der Waals surface area contributed by atoms with E-state index in [0.717, 1.165) is 13.1 Å². The summed E-state index contributed by atoms with van der Waals surface area (Å²) in [6.45, 7) is 4.39. The van der Waals surface area contributed by atoms with Crippen molar-refractivity contribution in [3.8, 4) is 0 Å². The van der Waals surface area contributed by atoms with Crippen LogP contribution in [0.4, 0.5) is 5.69 Å². The highest BCUT2D eigenvalue weighted by Gasteiger charge is 2.39. The highest BCUT2D eigenvalue weighted by molar-refractivity contribution is 7.99. The number of benzene rings is 2. The Labute approximate surface area is 136 Å². The van der Waals surface area contributed by atoms with E-state index in [4.69, 9.17) is 0 Å². The third-order valence-corrected chi connectivity index (χ3v) is 6.03. The Morgan fingerprint density at radius 3 is 2.77 bits per heavy atom. The van der Waals surface area contributed by atoms with E-state index < -0.39 is 0 Å². The molecule has 0 saturated carbocycles. The van der Waals surface area contributed by atoms with Crippen molar-refractivity contribution in [1.29, 1.82) is 0 Å². The molecule has 2 aliphatic heterocycles. The minimum Gasteiger partial charge on any atom is -0.370 e. The zero-order valence-electron chi connectivity index (χ0n) is 13.2. The highest BCUT2D eigenvalue weighted by atomic mass is 32.2. The van der Waals surface area contributed by atoms with Crippen LogP contribution in [-0.2, 0) is 0 Å². The van der Waals surface area contributed by atoms with Gasteiger partial charge in [-0.1, -0.05) is 41.6 Å². The Balaban J connectivity index is 1.71. The fourth-order valence-electron chi connectivity index (χ4n) is 3.82. The van der Waals surface area contributed by atoms with E-state index >= 15 is 0 Å². The number of nitrogens with one attached hydrogen (secondary N) is 1. The molecule has 1 saturated heterocycles. The van der Waals surface area contributed by atoms with E-state index in [2.05, 4.69) is 66.7 Å². The summed E-state index contributed by atoms with van der Waals surface area (Å²) in [5, 5.41) is 3.56. The van der Waals surface area contributed by atoms with Gasteiger partial charge in [0.05, 0.1) is 5.69 Å². The van der Waals surface area contributed by atoms with Crippen LogP contribution in [0.5, 0.6) is 0 Å². The van der Waals surface area contributed by atoms with Gasteiger partial charge in [0, 0.05) is 35.3 Å². The molecule has 2 atom stereocenters. The van der Waals surface area contributed by atoms with Gasteiger partial charge in [0.15, 0.2) is 0 Å². The van der Waals surface area contributed by atoms with Crippen molar-refractivity contribution >= 4 is 17.4 Å². The van der Waals surface area contributed by atoms with Crippen LogP contribution in [0.1, 0.15) is 23.5 Å². The molecule has 0 amide bonds. The number of hydrogen-bond donors (Lipinski definition) is 1. The summed E-state index contributed by atoms with van der Waals surface area (Å²) < 4.78 is 0. The number of rotatable bonds is 2. The van der Waals surface area contributed by atoms with Crippen LogP contribution in [0.2, 0.25) is 0 Å². The number of fused-ring (bicyclic) bond motifs is 3. The second kappa shape index (κ2) is 5.64. The topological polar surface area (TPSA) is 15.3 Å². The van der Waals surface area contributed by atoms with Crippen LogP contribution in [0.15, 0.2) is 52.3 Å². The molecule has 114 valence electrons. The molecule has 2 aliphatic rings. The predicted octanol–water partition coefficient (Wildman–Crippen LogP) is 4.04. The molecule has 22 heavy (non-hydrogen) atoms. The van der Waals surface area contributed by atoms with Crippen molar-refractivity contribution in [2.75, 3.05) is 25.0 Å². The maximum Gasteiger partial charge on any atom is 0.0544 e. The number of piperidine rings is 1. The number of anilines is 1. The third kappa shape index (κ3) is 2.33. The fourth-order valence-corrected chi connectivity index (χ4v) is 4.85. The average molecular weight is 310 g/mol. The van der Waals surface area contributed by atoms with Gasteiger partial charge >= 0.3 is 0 Å². The molecule has 2 aromatic rings. The highest BCUT2D eigenvalue weighted by Crippen LogP contribution is 2.48. The molecule has 1 unspecified atom stereocenters. The molecule has 2 aromatic carbocycles. The standard InChI is InChI=1S/C19H22N2S/c1-13-6-8-14(9-7-13)22-18-5-3-4-15-16-12-20-11-10-17(16)21(2)19(15)18/h3-9,16-17,20H,10-12H2,1-2H3/t16?,17-/m0/s1. The lowest BCUT2D eigenvalue weighted by molar-refractivity contribution is 0.413. The second-order valence-corrected chi connectivity index (χ2v) is 7.50. The van der Waals surface area contributed by atoms with Crippen molar-refractivity contribution in [1.82, 2.24) is 5.32 Å². The molecule has 2 heterocycles. The summed E-state index contributed by atoms with van der Waals surface area (Å²) in [5.74, 6) is 0.646. The Kier molecular flexibility index (Phi) is 3.63. The van der Waals surface area contributed by atoms with Crippen molar-refractivity contribution < 1.29 is 0 Å². The zero-order valence-corrected chi connectivity index (χ0v) is 14.0. The Morgan fingerprint density at radius 1 is 1.14 bits per heavy atom. The normalized spacial score (nSPS) is 23.3. The van der Waals surface area contributed by atoms with E-state index in [-0.39, 0.29) is 0 Å². The zero-order chi connectivity index (χ0) is 15.1. The molecule has 1 N–H and O–H groups in total. The lowest BCUT2D eigenvalue weighted by Crippen LogP contribution is -2.42. The smallest absolute Gasteiger partial charge is 0.0544 e. The molecular formula is C19H22N2S. The van der Waals surface area contributed by atoms with Crippen LogP contribution in [-0.4, -0.2) is 26.2 Å². The number of likely N-dealkylation sites (N-methyl/N-ethyl adjacent to an activating group) is 1. The maximum absolute atomic E-state index is 3.56. The quantitative estimate of drug-likeness (QED) is 0.901. The van der Waals surface area contributed by atoms with Gasteiger partial charge in [-0.15, -0.1) is 0 Å². The number of hydrogen-bond acceptors (Lipinski definition) is 3. The van der Waals surface area contributed by atoms with Crippen molar-refractivity contribution in [3.63, 3.8) is 0 Å². The first-order chi connectivity index (χ1) is 10.7. The van der Waals surface area contributed by atoms with Crippen molar-refractivity contribution in [2.24, 2.45) is 0 Å². The van der Waals surface area contributed by atoms with E-state index in [1.54, 1.807) is 0 Å². The molecule has 0 bridgehead atoms. The Bertz CT molecular complexity index is 680. The molecule has 2 nitrogen and oxygen atoms in total. The third-order valence-electron chi connectivity index (χ3n) is 4.97. The summed E-state index contributed by atoms with van der Waals surface area (Å²) >= 11 is 1.89. The van der Waals surface area contributed by atoms with E-state index in [0.29, 0.717) is 12.0 Å². The van der Waals surface area contributed by atoms with E-state index in [1.165, 1.54) is 33.0 Å². The summed E-state index contributed by atoms with van der Waals surface area (Å²) in [5.41, 5.74) is 4.29. The second-order valence-electron chi connectivity index (χ2n) is 6.39. The maximum atomic E-state index is 3.56. The van der Waals surface area contributed by atoms with Gasteiger partial charge in [0.25, 0.3) is 0 Å². The molecule has 3 heteroatoms. The summed E-state index contributed by atoms with van der Waals surface area (Å²) in [6, 6.07) is 16.3. The molecule has 0 spiro atoms. The van der Waals surface area contributed by atoms with Gasteiger partial charge in [-0.05, 0) is 43.7 Å². The van der Waals surface area contributed by atoms with E-state index in [9.17, 15) is 0 Å². The van der Waals surface area contributed by atoms with Gasteiger partial charge in [0.1, 0.15) is 0 Å². The van der Waals surface area contributed by atoms with Crippen LogP contribution < -0.4 is 10.2 Å². The monoisotopic (exact) mass is 310 g/mol. The molecule has 0 aromatic heterocycles. The first kappa shape index (κ1) is 14.2. The first-order valence-corrected chi connectivity index (χ1v) is 8.86. The predicted molar refractivity (Wildman–Crippen MR) is 94.2 cm³/mol. The first-order valence-electron chi connectivity index (χ1n) is 8.05. The fraction of sp³-hybridized carbons (Fsp3) is 0.368. The summed E-state index contributed by atoms with van der Waals surface area (Å²) in [7, 11) is 2.27. The number of para-hydroxylation sites is 1. The summed E-state index contributed by atoms with van der Waals surface area (Å²) in [6.07, 6.45) is 1.24. The lowest BCUT2D eigenvalue weighted by atomic mass is 9.90. The van der Waals surface area contributed by atoms with E-state index in [1.807, 2.05) is 11.8 Å². The molecule has 1 fully saturated rings. The van der Waals surface area contributed by atoms with Crippen molar-refractivity contribution in [3.05, 3.63) is 53.6 Å². The average Bonchev–Trinajstić information content (AvgIpc) is 2.84. The summed E-state index contributed by atoms with van der Waals surface area (Å²) in [4.78, 5) is 5.23. The molecule has 0 radical (unpaired) electrons. The number of aryl methyl sites for hydroxylation is 1. The van der Waals surface area contributed by atoms with Crippen LogP contribution in [0.25, 0.3) is 0 Å². The van der Waals surface area contributed by atoms with Crippen molar-refractivity contribution in [2.45, 2.75) is 35.1 Å². The van der Waals surface area contributed by atoms with Crippen LogP contribution in [0.3, 0.4) is 0 Å². The van der Waals surface area contributed by atoms with Gasteiger partial charge in [-0.3, -0.25) is 0 Å². The SMILES string of the molecule is Cc1ccc(Sc2cccc3c2N(C)[C@H]2CCNCC32)cc1. The van der Waals surface area contributed by atoms with Gasteiger partial charge in [-0.2, -0.15) is 0 Å². The largest absolute Gasteiger partial charge is 0.370 e. The Hall–Kier alpha value is -1.45.